The summed E-state index contributed by atoms with van der Waals surface area (Å²) in [5.41, 5.74) is -0.811. The van der Waals surface area contributed by atoms with Gasteiger partial charge < -0.3 is 15.5 Å². The van der Waals surface area contributed by atoms with Crippen molar-refractivity contribution in [3.05, 3.63) is 16.1 Å². The maximum Gasteiger partial charge on any atom is 0.434 e. The van der Waals surface area contributed by atoms with E-state index < -0.39 is 11.9 Å². The molecule has 162 valence electrons. The molecule has 2 rings (SSSR count). The van der Waals surface area contributed by atoms with Crippen LogP contribution in [0.2, 0.25) is 0 Å². The van der Waals surface area contributed by atoms with Gasteiger partial charge in [0, 0.05) is 31.9 Å². The molecular formula is C18H31F3IN5S. The molecule has 0 unspecified atom stereocenters. The van der Waals surface area contributed by atoms with Crippen LogP contribution in [0.15, 0.2) is 10.4 Å². The van der Waals surface area contributed by atoms with Gasteiger partial charge in [-0.1, -0.05) is 12.8 Å². The molecular weight excluding hydrogens is 502 g/mol. The number of aliphatic imine (C=N–C) groups is 1. The number of hydrogen-bond acceptors (Lipinski definition) is 4. The van der Waals surface area contributed by atoms with E-state index in [2.05, 4.69) is 25.5 Å². The smallest absolute Gasteiger partial charge is 0.356 e. The van der Waals surface area contributed by atoms with Crippen LogP contribution in [-0.4, -0.2) is 55.6 Å². The normalized spacial score (nSPS) is 15.9. The molecule has 1 aliphatic heterocycles. The minimum Gasteiger partial charge on any atom is -0.356 e. The van der Waals surface area contributed by atoms with Crippen molar-refractivity contribution in [2.75, 3.05) is 39.8 Å². The molecule has 0 saturated carbocycles. The summed E-state index contributed by atoms with van der Waals surface area (Å²) in [5, 5.41) is 7.91. The topological polar surface area (TPSA) is 52.6 Å². The molecule has 10 heteroatoms. The van der Waals surface area contributed by atoms with Crippen molar-refractivity contribution in [1.82, 2.24) is 20.5 Å². The molecule has 1 aliphatic rings. The molecule has 1 aromatic heterocycles. The highest BCUT2D eigenvalue weighted by atomic mass is 127. The number of likely N-dealkylation sites (tertiary alicyclic amines) is 1. The summed E-state index contributed by atoms with van der Waals surface area (Å²) in [6.07, 6.45) is 3.60. The highest BCUT2D eigenvalue weighted by Crippen LogP contribution is 2.29. The molecule has 0 aliphatic carbocycles. The predicted molar refractivity (Wildman–Crippen MR) is 120 cm³/mol. The minimum absolute atomic E-state index is 0. The standard InChI is InChI=1S/C18H30F3N5S.HI/c1-22-17(23-9-4-2-5-11-26-12-6-3-7-13-26)24-10-8-16-25-15(14-27-16)18(19,20)21;/h14H,2-13H2,1H3,(H2,22,23,24);1H. The minimum atomic E-state index is -4.37. The summed E-state index contributed by atoms with van der Waals surface area (Å²) in [7, 11) is 1.69. The van der Waals surface area contributed by atoms with Gasteiger partial charge in [-0.2, -0.15) is 13.2 Å². The van der Waals surface area contributed by atoms with Gasteiger partial charge in [0.15, 0.2) is 11.7 Å². The molecule has 2 heterocycles. The zero-order chi connectivity index (χ0) is 19.5. The van der Waals surface area contributed by atoms with Gasteiger partial charge in [0.2, 0.25) is 0 Å². The van der Waals surface area contributed by atoms with Crippen LogP contribution in [0.25, 0.3) is 0 Å². The quantitative estimate of drug-likeness (QED) is 0.217. The van der Waals surface area contributed by atoms with Gasteiger partial charge >= 0.3 is 6.18 Å². The van der Waals surface area contributed by atoms with E-state index in [-0.39, 0.29) is 24.0 Å². The zero-order valence-electron chi connectivity index (χ0n) is 16.4. The number of rotatable bonds is 9. The third kappa shape index (κ3) is 9.73. The predicted octanol–water partition coefficient (Wildman–Crippen LogP) is 4.14. The van der Waals surface area contributed by atoms with E-state index in [9.17, 15) is 13.2 Å². The zero-order valence-corrected chi connectivity index (χ0v) is 19.5. The average Bonchev–Trinajstić information content (AvgIpc) is 3.13. The molecule has 28 heavy (non-hydrogen) atoms. The van der Waals surface area contributed by atoms with E-state index in [0.717, 1.165) is 29.7 Å². The second-order valence-corrected chi connectivity index (χ2v) is 7.71. The Labute approximate surface area is 186 Å². The molecule has 0 aromatic carbocycles. The van der Waals surface area contributed by atoms with Crippen LogP contribution in [0, 0.1) is 0 Å². The van der Waals surface area contributed by atoms with Crippen LogP contribution in [0.3, 0.4) is 0 Å². The number of guanidine groups is 1. The Hall–Kier alpha value is -0.620. The summed E-state index contributed by atoms with van der Waals surface area (Å²) in [4.78, 5) is 10.3. The fourth-order valence-electron chi connectivity index (χ4n) is 3.09. The van der Waals surface area contributed by atoms with Crippen LogP contribution >= 0.6 is 35.3 Å². The van der Waals surface area contributed by atoms with Crippen molar-refractivity contribution < 1.29 is 13.2 Å². The van der Waals surface area contributed by atoms with Crippen molar-refractivity contribution >= 4 is 41.3 Å². The molecule has 1 aromatic rings. The number of unbranched alkanes of at least 4 members (excludes halogenated alkanes) is 2. The number of piperidine rings is 1. The van der Waals surface area contributed by atoms with E-state index in [1.54, 1.807) is 7.05 Å². The molecule has 0 spiro atoms. The van der Waals surface area contributed by atoms with Crippen molar-refractivity contribution in [2.24, 2.45) is 4.99 Å². The monoisotopic (exact) mass is 533 g/mol. The second-order valence-electron chi connectivity index (χ2n) is 6.76. The largest absolute Gasteiger partial charge is 0.434 e. The highest BCUT2D eigenvalue weighted by molar-refractivity contribution is 14.0. The van der Waals surface area contributed by atoms with Crippen LogP contribution in [0.1, 0.15) is 49.2 Å². The van der Waals surface area contributed by atoms with E-state index >= 15 is 0 Å². The van der Waals surface area contributed by atoms with Crippen molar-refractivity contribution in [3.8, 4) is 0 Å². The lowest BCUT2D eigenvalue weighted by Gasteiger charge is -2.26. The van der Waals surface area contributed by atoms with Gasteiger partial charge in [-0.25, -0.2) is 4.98 Å². The van der Waals surface area contributed by atoms with Crippen LogP contribution in [-0.2, 0) is 12.6 Å². The highest BCUT2D eigenvalue weighted by Gasteiger charge is 2.33. The van der Waals surface area contributed by atoms with Crippen LogP contribution < -0.4 is 10.6 Å². The average molecular weight is 533 g/mol. The Kier molecular flexibility index (Phi) is 12.3. The lowest BCUT2D eigenvalue weighted by atomic mass is 10.1. The molecule has 0 atom stereocenters. The van der Waals surface area contributed by atoms with E-state index in [1.165, 1.54) is 51.7 Å². The number of alkyl halides is 3. The third-order valence-electron chi connectivity index (χ3n) is 4.59. The summed E-state index contributed by atoms with van der Waals surface area (Å²) in [5.74, 6) is 0.679. The number of thiazole rings is 1. The Morgan fingerprint density at radius 2 is 1.86 bits per heavy atom. The maximum atomic E-state index is 12.5. The molecule has 0 amide bonds. The van der Waals surface area contributed by atoms with Crippen molar-refractivity contribution in [1.29, 1.82) is 0 Å². The van der Waals surface area contributed by atoms with Gasteiger partial charge in [-0.05, 0) is 45.3 Å². The van der Waals surface area contributed by atoms with Gasteiger partial charge in [-0.15, -0.1) is 35.3 Å². The van der Waals surface area contributed by atoms with Gasteiger partial charge in [0.05, 0.1) is 5.01 Å². The van der Waals surface area contributed by atoms with Crippen LogP contribution in [0.4, 0.5) is 13.2 Å². The number of halogens is 4. The van der Waals surface area contributed by atoms with E-state index in [4.69, 9.17) is 0 Å². The summed E-state index contributed by atoms with van der Waals surface area (Å²) in [6, 6.07) is 0. The Bertz CT molecular complexity index is 574. The summed E-state index contributed by atoms with van der Waals surface area (Å²) in [6.45, 7) is 5.03. The SMILES string of the molecule is CN=C(NCCCCCN1CCCCC1)NCCc1nc(C(F)(F)F)cs1.I. The molecule has 2 N–H and O–H groups in total. The fourth-order valence-corrected chi connectivity index (χ4v) is 3.90. The van der Waals surface area contributed by atoms with Gasteiger partial charge in [0.1, 0.15) is 0 Å². The Morgan fingerprint density at radius 1 is 1.14 bits per heavy atom. The lowest BCUT2D eigenvalue weighted by Crippen LogP contribution is -2.38. The summed E-state index contributed by atoms with van der Waals surface area (Å²) < 4.78 is 37.6. The first-order chi connectivity index (χ1) is 13.0. The molecule has 0 bridgehead atoms. The molecule has 5 nitrogen and oxygen atoms in total. The number of nitrogens with one attached hydrogen (secondary N) is 2. The second kappa shape index (κ2) is 13.6. The van der Waals surface area contributed by atoms with Crippen molar-refractivity contribution in [3.63, 3.8) is 0 Å². The van der Waals surface area contributed by atoms with E-state index in [0.29, 0.717) is 23.9 Å². The first kappa shape index (κ1) is 25.4. The molecule has 0 radical (unpaired) electrons. The number of nitrogens with zero attached hydrogens (tertiary/aromatic N) is 3. The fraction of sp³-hybridized carbons (Fsp3) is 0.778. The Balaban J connectivity index is 0.00000392. The molecule has 1 fully saturated rings. The molecule has 1 saturated heterocycles. The lowest BCUT2D eigenvalue weighted by molar-refractivity contribution is -0.140. The van der Waals surface area contributed by atoms with Crippen molar-refractivity contribution in [2.45, 2.75) is 51.1 Å². The first-order valence-electron chi connectivity index (χ1n) is 9.67. The maximum absolute atomic E-state index is 12.5. The van der Waals surface area contributed by atoms with Gasteiger partial charge in [0.25, 0.3) is 0 Å². The van der Waals surface area contributed by atoms with Crippen LogP contribution in [0.5, 0.6) is 0 Å². The summed E-state index contributed by atoms with van der Waals surface area (Å²) >= 11 is 1.04. The van der Waals surface area contributed by atoms with E-state index in [1.807, 2.05) is 0 Å². The number of hydrogen-bond donors (Lipinski definition) is 2. The number of aromatic nitrogens is 1. The third-order valence-corrected chi connectivity index (χ3v) is 5.50. The van der Waals surface area contributed by atoms with Gasteiger partial charge in [-0.3, -0.25) is 4.99 Å². The first-order valence-corrected chi connectivity index (χ1v) is 10.6. The Morgan fingerprint density at radius 3 is 2.50 bits per heavy atom.